The lowest BCUT2D eigenvalue weighted by atomic mass is 9.97. The fourth-order valence-electron chi connectivity index (χ4n) is 6.27. The third-order valence-electron chi connectivity index (χ3n) is 9.29. The Morgan fingerprint density at radius 1 is 0.679 bits per heavy atom. The van der Waals surface area contributed by atoms with Crippen LogP contribution in [0, 0.1) is 0 Å². The Morgan fingerprint density at radius 3 is 1.98 bits per heavy atom. The standard InChI is InChI=1S/C33H40O20/c1-10-19(38)22(41)25(44)31(48-10)47-9-17-20(39)23(42)26(45)32(51-17)52-29-16(8-34)50-33(27(46)24(29)43)53-30-21(40)18-14(37)6-13(36)7-15(18)49-28(30)11-2-4-12(35)5-3-11/h2-7,10,16-17,19-20,22-27,29,31-39,41-46H,8-9H2,1H3. The number of ether oxygens (including phenoxy) is 6. The predicted octanol–water partition coefficient (Wildman–Crippen LogP) is -3.57. The maximum atomic E-state index is 13.7. The average molecular weight is 757 g/mol. The van der Waals surface area contributed by atoms with Crippen LogP contribution in [0.4, 0.5) is 0 Å². The monoisotopic (exact) mass is 756 g/mol. The molecule has 12 N–H and O–H groups in total. The highest BCUT2D eigenvalue weighted by molar-refractivity contribution is 5.88. The predicted molar refractivity (Wildman–Crippen MR) is 171 cm³/mol. The summed E-state index contributed by atoms with van der Waals surface area (Å²) in [5.41, 5.74) is -1.10. The number of hydrogen-bond acceptors (Lipinski definition) is 20. The normalized spacial score (nSPS) is 37.8. The van der Waals surface area contributed by atoms with Crippen LogP contribution in [0.5, 0.6) is 23.0 Å². The van der Waals surface area contributed by atoms with E-state index in [0.29, 0.717) is 0 Å². The van der Waals surface area contributed by atoms with Gasteiger partial charge in [-0.2, -0.15) is 0 Å². The molecule has 15 unspecified atom stereocenters. The topological polar surface area (TPSA) is 328 Å². The second-order valence-corrected chi connectivity index (χ2v) is 12.9. The summed E-state index contributed by atoms with van der Waals surface area (Å²) in [6.07, 6.45) is -25.6. The van der Waals surface area contributed by atoms with E-state index in [1.807, 2.05) is 0 Å². The van der Waals surface area contributed by atoms with E-state index in [9.17, 15) is 66.1 Å². The Hall–Kier alpha value is -3.71. The number of fused-ring (bicyclic) bond motifs is 1. The zero-order valence-corrected chi connectivity index (χ0v) is 27.7. The Morgan fingerprint density at radius 2 is 1.30 bits per heavy atom. The van der Waals surface area contributed by atoms with Crippen LogP contribution in [-0.2, 0) is 23.7 Å². The summed E-state index contributed by atoms with van der Waals surface area (Å²) in [5.74, 6) is -2.21. The van der Waals surface area contributed by atoms with Gasteiger partial charge in [-0.25, -0.2) is 0 Å². The highest BCUT2D eigenvalue weighted by atomic mass is 16.8. The molecule has 53 heavy (non-hydrogen) atoms. The fraction of sp³-hybridized carbons (Fsp3) is 0.545. The van der Waals surface area contributed by atoms with Crippen LogP contribution in [0.15, 0.2) is 45.6 Å². The lowest BCUT2D eigenvalue weighted by Crippen LogP contribution is -2.65. The van der Waals surface area contributed by atoms with Crippen molar-refractivity contribution in [1.29, 1.82) is 0 Å². The number of aromatic hydroxyl groups is 3. The summed E-state index contributed by atoms with van der Waals surface area (Å²) in [6.45, 7) is -0.135. The lowest BCUT2D eigenvalue weighted by molar-refractivity contribution is -0.359. The molecule has 15 atom stereocenters. The van der Waals surface area contributed by atoms with E-state index < -0.39 is 133 Å². The van der Waals surface area contributed by atoms with Crippen molar-refractivity contribution in [3.63, 3.8) is 0 Å². The maximum Gasteiger partial charge on any atom is 0.239 e. The summed E-state index contributed by atoms with van der Waals surface area (Å²) in [5, 5.41) is 124. The average Bonchev–Trinajstić information content (AvgIpc) is 3.12. The molecule has 3 saturated heterocycles. The SMILES string of the molecule is CC1OC(OCC2OC(OC3C(CO)OC(Oc4c(-c5ccc(O)cc5)oc5cc(O)cc(O)c5c4=O)C(O)C3O)C(O)C(O)C2O)C(O)C(O)C1O. The van der Waals surface area contributed by atoms with E-state index in [-0.39, 0.29) is 22.7 Å². The van der Waals surface area contributed by atoms with Crippen LogP contribution in [0.1, 0.15) is 6.92 Å². The minimum absolute atomic E-state index is 0.138. The molecular weight excluding hydrogens is 716 g/mol. The molecule has 3 aliphatic heterocycles. The second kappa shape index (κ2) is 15.6. The molecule has 20 nitrogen and oxygen atoms in total. The van der Waals surface area contributed by atoms with E-state index in [0.717, 1.165) is 12.1 Å². The smallest absolute Gasteiger partial charge is 0.239 e. The largest absolute Gasteiger partial charge is 0.508 e. The number of aliphatic hydroxyl groups excluding tert-OH is 9. The van der Waals surface area contributed by atoms with E-state index in [1.165, 1.54) is 31.2 Å². The molecule has 0 amide bonds. The zero-order chi connectivity index (χ0) is 38.5. The highest BCUT2D eigenvalue weighted by Crippen LogP contribution is 2.38. The molecule has 3 aromatic rings. The zero-order valence-electron chi connectivity index (χ0n) is 27.7. The van der Waals surface area contributed by atoms with Crippen LogP contribution < -0.4 is 10.2 Å². The fourth-order valence-corrected chi connectivity index (χ4v) is 6.27. The van der Waals surface area contributed by atoms with Crippen molar-refractivity contribution >= 4 is 11.0 Å². The number of rotatable bonds is 9. The molecule has 3 aliphatic rings. The van der Waals surface area contributed by atoms with Gasteiger partial charge in [-0.3, -0.25) is 4.79 Å². The van der Waals surface area contributed by atoms with Crippen molar-refractivity contribution in [2.75, 3.05) is 13.2 Å². The summed E-state index contributed by atoms with van der Waals surface area (Å²) in [6, 6.07) is 7.16. The van der Waals surface area contributed by atoms with Gasteiger partial charge < -0.3 is 94.1 Å². The van der Waals surface area contributed by atoms with Crippen molar-refractivity contribution < 1.29 is 94.1 Å². The Balaban J connectivity index is 1.21. The van der Waals surface area contributed by atoms with E-state index in [4.69, 9.17) is 32.8 Å². The molecule has 6 rings (SSSR count). The van der Waals surface area contributed by atoms with Crippen LogP contribution >= 0.6 is 0 Å². The van der Waals surface area contributed by atoms with Gasteiger partial charge in [0, 0.05) is 17.7 Å². The van der Waals surface area contributed by atoms with Crippen LogP contribution in [0.3, 0.4) is 0 Å². The van der Waals surface area contributed by atoms with Gasteiger partial charge in [0.1, 0.15) is 95.4 Å². The van der Waals surface area contributed by atoms with Crippen molar-refractivity contribution in [2.45, 2.75) is 99.0 Å². The van der Waals surface area contributed by atoms with Gasteiger partial charge in [0.2, 0.25) is 17.5 Å². The van der Waals surface area contributed by atoms with Gasteiger partial charge in [-0.05, 0) is 31.2 Å². The molecule has 20 heteroatoms. The van der Waals surface area contributed by atoms with Crippen molar-refractivity contribution in [3.8, 4) is 34.3 Å². The van der Waals surface area contributed by atoms with Crippen molar-refractivity contribution in [3.05, 3.63) is 46.6 Å². The van der Waals surface area contributed by atoms with Crippen LogP contribution in [0.2, 0.25) is 0 Å². The van der Waals surface area contributed by atoms with Crippen molar-refractivity contribution in [2.24, 2.45) is 0 Å². The summed E-state index contributed by atoms with van der Waals surface area (Å²) in [7, 11) is 0. The van der Waals surface area contributed by atoms with E-state index in [2.05, 4.69) is 0 Å². The molecule has 4 heterocycles. The Labute approximate surface area is 298 Å². The van der Waals surface area contributed by atoms with Gasteiger partial charge >= 0.3 is 0 Å². The van der Waals surface area contributed by atoms with Crippen LogP contribution in [-0.4, -0.2) is 167 Å². The van der Waals surface area contributed by atoms with Gasteiger partial charge in [-0.1, -0.05) is 0 Å². The van der Waals surface area contributed by atoms with Gasteiger partial charge in [0.05, 0.1) is 19.3 Å². The van der Waals surface area contributed by atoms with E-state index >= 15 is 0 Å². The molecule has 3 fully saturated rings. The highest BCUT2D eigenvalue weighted by Gasteiger charge is 2.52. The first-order valence-electron chi connectivity index (χ1n) is 16.4. The number of phenols is 3. The molecule has 0 bridgehead atoms. The number of hydrogen-bond donors (Lipinski definition) is 12. The third kappa shape index (κ3) is 7.52. The summed E-state index contributed by atoms with van der Waals surface area (Å²) >= 11 is 0. The molecule has 292 valence electrons. The number of aliphatic hydroxyl groups is 9. The molecule has 0 radical (unpaired) electrons. The summed E-state index contributed by atoms with van der Waals surface area (Å²) < 4.78 is 39.3. The molecule has 0 aliphatic carbocycles. The Bertz CT molecular complexity index is 1780. The Kier molecular flexibility index (Phi) is 11.5. The third-order valence-corrected chi connectivity index (χ3v) is 9.29. The van der Waals surface area contributed by atoms with Gasteiger partial charge in [0.15, 0.2) is 18.3 Å². The summed E-state index contributed by atoms with van der Waals surface area (Å²) in [4.78, 5) is 13.7. The maximum absolute atomic E-state index is 13.7. The first kappa shape index (κ1) is 39.0. The second-order valence-electron chi connectivity index (χ2n) is 12.9. The quantitative estimate of drug-likeness (QED) is 0.100. The van der Waals surface area contributed by atoms with Crippen LogP contribution in [0.25, 0.3) is 22.3 Å². The molecule has 1 aromatic heterocycles. The first-order valence-corrected chi connectivity index (χ1v) is 16.4. The minimum Gasteiger partial charge on any atom is -0.508 e. The lowest BCUT2D eigenvalue weighted by Gasteiger charge is -2.46. The molecule has 0 spiro atoms. The minimum atomic E-state index is -2.07. The number of phenolic OH excluding ortho intramolecular Hbond substituents is 3. The first-order chi connectivity index (χ1) is 25.1. The molecular formula is C33H40O20. The van der Waals surface area contributed by atoms with Gasteiger partial charge in [-0.15, -0.1) is 0 Å². The molecule has 0 saturated carbocycles. The van der Waals surface area contributed by atoms with Gasteiger partial charge in [0.25, 0.3) is 0 Å². The van der Waals surface area contributed by atoms with Crippen molar-refractivity contribution in [1.82, 2.24) is 0 Å². The van der Waals surface area contributed by atoms with E-state index in [1.54, 1.807) is 0 Å². The number of benzene rings is 2. The molecule has 2 aromatic carbocycles.